The van der Waals surface area contributed by atoms with Crippen LogP contribution in [0.3, 0.4) is 0 Å². The topological polar surface area (TPSA) is 59.8 Å². The van der Waals surface area contributed by atoms with Gasteiger partial charge in [-0.25, -0.2) is 0 Å². The highest BCUT2D eigenvalue weighted by Gasteiger charge is 2.42. The monoisotopic (exact) mass is 327 g/mol. The molecule has 126 valence electrons. The van der Waals surface area contributed by atoms with Gasteiger partial charge >= 0.3 is 0 Å². The summed E-state index contributed by atoms with van der Waals surface area (Å²) in [4.78, 5) is 26.3. The van der Waals surface area contributed by atoms with Crippen molar-refractivity contribution in [3.05, 3.63) is 64.2 Å². The standard InChI is InChI=1S/C19H21NO4/c1-19(2)12-20(10-14(19)13-7-5-4-6-8-13)18(22)16-9-15(21)17(23-3)11-24-16/h4-9,11,14H,10,12H2,1-3H3. The minimum absolute atomic E-state index is 0.0466. The molecule has 1 aromatic heterocycles. The van der Waals surface area contributed by atoms with Gasteiger partial charge in [0.25, 0.3) is 5.91 Å². The number of nitrogens with zero attached hydrogens (tertiary/aromatic N) is 1. The summed E-state index contributed by atoms with van der Waals surface area (Å²) in [6.45, 7) is 5.52. The summed E-state index contributed by atoms with van der Waals surface area (Å²) >= 11 is 0. The molecular weight excluding hydrogens is 306 g/mol. The zero-order valence-corrected chi connectivity index (χ0v) is 14.1. The number of rotatable bonds is 3. The zero-order chi connectivity index (χ0) is 17.3. The lowest BCUT2D eigenvalue weighted by Gasteiger charge is -2.25. The fourth-order valence-electron chi connectivity index (χ4n) is 3.35. The summed E-state index contributed by atoms with van der Waals surface area (Å²) < 4.78 is 10.2. The van der Waals surface area contributed by atoms with Crippen LogP contribution in [0.25, 0.3) is 0 Å². The number of likely N-dealkylation sites (tertiary alicyclic amines) is 1. The number of hydrogen-bond donors (Lipinski definition) is 0. The normalized spacial score (nSPS) is 19.3. The van der Waals surface area contributed by atoms with E-state index in [1.54, 1.807) is 4.90 Å². The second-order valence-corrected chi connectivity index (χ2v) is 6.81. The first-order chi connectivity index (χ1) is 11.4. The predicted octanol–water partition coefficient (Wildman–Crippen LogP) is 2.91. The van der Waals surface area contributed by atoms with Gasteiger partial charge in [-0.1, -0.05) is 44.2 Å². The minimum atomic E-state index is -0.356. The van der Waals surface area contributed by atoms with Gasteiger partial charge in [-0.15, -0.1) is 0 Å². The molecule has 1 amide bonds. The Morgan fingerprint density at radius 2 is 2.00 bits per heavy atom. The lowest BCUT2D eigenvalue weighted by molar-refractivity contribution is 0.0743. The molecule has 3 rings (SSSR count). The molecule has 24 heavy (non-hydrogen) atoms. The maximum atomic E-state index is 12.7. The van der Waals surface area contributed by atoms with Crippen molar-refractivity contribution in [3.63, 3.8) is 0 Å². The summed E-state index contributed by atoms with van der Waals surface area (Å²) in [5.74, 6) is 0.120. The van der Waals surface area contributed by atoms with Crippen molar-refractivity contribution < 1.29 is 13.9 Å². The van der Waals surface area contributed by atoms with E-state index in [1.807, 2.05) is 18.2 Å². The molecule has 5 heteroatoms. The molecule has 0 N–H and O–H groups in total. The van der Waals surface area contributed by atoms with E-state index in [-0.39, 0.29) is 34.2 Å². The van der Waals surface area contributed by atoms with Gasteiger partial charge in [0.1, 0.15) is 6.26 Å². The van der Waals surface area contributed by atoms with Gasteiger partial charge in [-0.05, 0) is 11.0 Å². The predicted molar refractivity (Wildman–Crippen MR) is 90.4 cm³/mol. The largest absolute Gasteiger partial charge is 0.490 e. The molecule has 2 heterocycles. The molecule has 1 aliphatic heterocycles. The van der Waals surface area contributed by atoms with Gasteiger partial charge in [0, 0.05) is 25.1 Å². The molecule has 5 nitrogen and oxygen atoms in total. The van der Waals surface area contributed by atoms with Crippen LogP contribution in [-0.2, 0) is 0 Å². The lowest BCUT2D eigenvalue weighted by Crippen LogP contribution is -2.30. The highest BCUT2D eigenvalue weighted by Crippen LogP contribution is 2.42. The minimum Gasteiger partial charge on any atom is -0.490 e. The van der Waals surface area contributed by atoms with Crippen molar-refractivity contribution in [2.45, 2.75) is 19.8 Å². The molecule has 1 saturated heterocycles. The number of methoxy groups -OCH3 is 1. The number of carbonyl (C=O) groups is 1. The fourth-order valence-corrected chi connectivity index (χ4v) is 3.35. The van der Waals surface area contributed by atoms with Gasteiger partial charge in [0.05, 0.1) is 7.11 Å². The highest BCUT2D eigenvalue weighted by molar-refractivity contribution is 5.91. The van der Waals surface area contributed by atoms with Crippen LogP contribution >= 0.6 is 0 Å². The van der Waals surface area contributed by atoms with Crippen molar-refractivity contribution in [1.82, 2.24) is 4.90 Å². The van der Waals surface area contributed by atoms with Gasteiger partial charge in [0.15, 0.2) is 5.76 Å². The van der Waals surface area contributed by atoms with E-state index in [2.05, 4.69) is 26.0 Å². The first kappa shape index (κ1) is 16.3. The molecule has 1 aromatic carbocycles. The summed E-state index contributed by atoms with van der Waals surface area (Å²) in [7, 11) is 1.39. The van der Waals surface area contributed by atoms with E-state index < -0.39 is 0 Å². The van der Waals surface area contributed by atoms with E-state index in [4.69, 9.17) is 9.15 Å². The highest BCUT2D eigenvalue weighted by atomic mass is 16.5. The average molecular weight is 327 g/mol. The molecular formula is C19H21NO4. The third-order valence-corrected chi connectivity index (χ3v) is 4.66. The van der Waals surface area contributed by atoms with Crippen molar-refractivity contribution in [3.8, 4) is 5.75 Å². The SMILES string of the molecule is COc1coc(C(=O)N2CC(c3ccccc3)C(C)(C)C2)cc1=O. The number of benzene rings is 1. The van der Waals surface area contributed by atoms with Gasteiger partial charge < -0.3 is 14.1 Å². The van der Waals surface area contributed by atoms with Crippen molar-refractivity contribution >= 4 is 5.91 Å². The van der Waals surface area contributed by atoms with Gasteiger partial charge in [-0.3, -0.25) is 9.59 Å². The Morgan fingerprint density at radius 1 is 1.29 bits per heavy atom. The second kappa shape index (κ2) is 6.15. The molecule has 0 radical (unpaired) electrons. The first-order valence-electron chi connectivity index (χ1n) is 7.93. The average Bonchev–Trinajstić information content (AvgIpc) is 2.90. The fraction of sp³-hybridized carbons (Fsp3) is 0.368. The Kier molecular flexibility index (Phi) is 4.18. The molecule has 0 aliphatic carbocycles. The maximum Gasteiger partial charge on any atom is 0.289 e. The molecule has 0 spiro atoms. The van der Waals surface area contributed by atoms with Crippen molar-refractivity contribution in [1.29, 1.82) is 0 Å². The summed E-state index contributed by atoms with van der Waals surface area (Å²) in [6, 6.07) is 11.4. The van der Waals surface area contributed by atoms with Crippen molar-refractivity contribution in [2.75, 3.05) is 20.2 Å². The molecule has 2 aromatic rings. The van der Waals surface area contributed by atoms with Crippen LogP contribution in [0.15, 0.2) is 51.9 Å². The Balaban J connectivity index is 1.85. The Morgan fingerprint density at radius 3 is 2.62 bits per heavy atom. The van der Waals surface area contributed by atoms with Crippen molar-refractivity contribution in [2.24, 2.45) is 5.41 Å². The Hall–Kier alpha value is -2.56. The molecule has 0 saturated carbocycles. The van der Waals surface area contributed by atoms with E-state index >= 15 is 0 Å². The van der Waals surface area contributed by atoms with Crippen LogP contribution < -0.4 is 10.2 Å². The second-order valence-electron chi connectivity index (χ2n) is 6.81. The maximum absolute atomic E-state index is 12.7. The Labute approximate surface area is 140 Å². The molecule has 1 fully saturated rings. The molecule has 1 aliphatic rings. The third-order valence-electron chi connectivity index (χ3n) is 4.66. The van der Waals surface area contributed by atoms with Crippen LogP contribution in [0, 0.1) is 5.41 Å². The van der Waals surface area contributed by atoms with Crippen LogP contribution in [0.2, 0.25) is 0 Å². The molecule has 1 unspecified atom stereocenters. The number of amides is 1. The quantitative estimate of drug-likeness (QED) is 0.870. The van der Waals surface area contributed by atoms with Crippen LogP contribution in [0.5, 0.6) is 5.75 Å². The number of carbonyl (C=O) groups excluding carboxylic acids is 1. The van der Waals surface area contributed by atoms with Crippen LogP contribution in [0.4, 0.5) is 0 Å². The zero-order valence-electron chi connectivity index (χ0n) is 14.1. The number of hydrogen-bond acceptors (Lipinski definition) is 4. The third kappa shape index (κ3) is 2.94. The van der Waals surface area contributed by atoms with Gasteiger partial charge in [0.2, 0.25) is 11.2 Å². The van der Waals surface area contributed by atoms with Gasteiger partial charge in [-0.2, -0.15) is 0 Å². The Bertz CT molecular complexity index is 795. The van der Waals surface area contributed by atoms with E-state index in [9.17, 15) is 9.59 Å². The van der Waals surface area contributed by atoms with E-state index in [0.717, 1.165) is 0 Å². The molecule has 1 atom stereocenters. The first-order valence-corrected chi connectivity index (χ1v) is 7.93. The summed E-state index contributed by atoms with van der Waals surface area (Å²) in [5.41, 5.74) is 0.809. The smallest absolute Gasteiger partial charge is 0.289 e. The number of ether oxygens (including phenoxy) is 1. The molecule has 0 bridgehead atoms. The van der Waals surface area contributed by atoms with E-state index in [0.29, 0.717) is 13.1 Å². The summed E-state index contributed by atoms with van der Waals surface area (Å²) in [6.07, 6.45) is 1.19. The van der Waals surface area contributed by atoms with Crippen LogP contribution in [0.1, 0.15) is 35.9 Å². The lowest BCUT2D eigenvalue weighted by atomic mass is 9.78. The summed E-state index contributed by atoms with van der Waals surface area (Å²) in [5, 5.41) is 0. The van der Waals surface area contributed by atoms with Crippen LogP contribution in [-0.4, -0.2) is 31.0 Å². The van der Waals surface area contributed by atoms with E-state index in [1.165, 1.54) is 25.0 Å².